The van der Waals surface area contributed by atoms with Gasteiger partial charge in [-0.25, -0.2) is 4.79 Å². The summed E-state index contributed by atoms with van der Waals surface area (Å²) in [6, 6.07) is 0. The van der Waals surface area contributed by atoms with Crippen molar-refractivity contribution in [3.05, 3.63) is 0 Å². The quantitative estimate of drug-likeness (QED) is 0.296. The van der Waals surface area contributed by atoms with E-state index in [1.54, 1.807) is 20.8 Å². The molecule has 20 heavy (non-hydrogen) atoms. The van der Waals surface area contributed by atoms with Gasteiger partial charge in [0, 0.05) is 0 Å². The number of ether oxygens (including phenoxy) is 3. The molecule has 7 nitrogen and oxygen atoms in total. The van der Waals surface area contributed by atoms with E-state index in [0.29, 0.717) is 0 Å². The second-order valence-electron chi connectivity index (χ2n) is 3.72. The summed E-state index contributed by atoms with van der Waals surface area (Å²) in [6.07, 6.45) is -1.31. The van der Waals surface area contributed by atoms with E-state index in [2.05, 4.69) is 14.2 Å². The zero-order valence-electron chi connectivity index (χ0n) is 13.4. The van der Waals surface area contributed by atoms with E-state index in [1.165, 1.54) is 0 Å². The minimum absolute atomic E-state index is 0. The Morgan fingerprint density at radius 1 is 0.900 bits per heavy atom. The van der Waals surface area contributed by atoms with Gasteiger partial charge in [0.25, 0.3) is 0 Å². The van der Waals surface area contributed by atoms with Crippen LogP contribution in [-0.4, -0.2) is 48.4 Å². The molecule has 0 saturated heterocycles. The average Bonchev–Trinajstić information content (AvgIpc) is 2.29. The van der Waals surface area contributed by atoms with Crippen LogP contribution in [0.1, 0.15) is 35.0 Å². The monoisotopic (exact) mass is 300 g/mol. The molecule has 112 valence electrons. The van der Waals surface area contributed by atoms with Crippen LogP contribution in [0.25, 0.3) is 0 Å². The molecule has 0 fully saturated rings. The average molecular weight is 300 g/mol. The molecule has 0 aliphatic carbocycles. The minimum atomic E-state index is -2.26. The Morgan fingerprint density at radius 2 is 1.25 bits per heavy atom. The van der Waals surface area contributed by atoms with Crippen LogP contribution in [0, 0.1) is 0 Å². The van der Waals surface area contributed by atoms with Crippen molar-refractivity contribution in [2.24, 2.45) is 0 Å². The summed E-state index contributed by atoms with van der Waals surface area (Å²) < 4.78 is 14.0. The molecule has 0 spiro atoms. The van der Waals surface area contributed by atoms with Gasteiger partial charge < -0.3 is 20.7 Å². The fourth-order valence-electron chi connectivity index (χ4n) is 1.37. The Balaban J connectivity index is -0.00000162. The molecule has 0 heterocycles. The van der Waals surface area contributed by atoms with Gasteiger partial charge in [0.1, 0.15) is 0 Å². The normalized spacial score (nSPS) is 10.2. The second kappa shape index (κ2) is 11.1. The van der Waals surface area contributed by atoms with Gasteiger partial charge in [-0.1, -0.05) is 0 Å². The molecule has 0 rings (SSSR count). The van der Waals surface area contributed by atoms with E-state index < -0.39 is 36.4 Å². The molecule has 0 amide bonds. The number of esters is 3. The maximum Gasteiger partial charge on any atom is 1.00 e. The van der Waals surface area contributed by atoms with E-state index in [9.17, 15) is 19.5 Å². The molecule has 0 unspecified atom stereocenters. The van der Waals surface area contributed by atoms with Crippen LogP contribution in [0.2, 0.25) is 0 Å². The molecule has 0 bridgehead atoms. The van der Waals surface area contributed by atoms with Crippen LogP contribution in [0.3, 0.4) is 0 Å². The van der Waals surface area contributed by atoms with Crippen molar-refractivity contribution < 1.29 is 64.7 Å². The molecule has 0 aromatic heterocycles. The number of hydrogen-bond acceptors (Lipinski definition) is 7. The second-order valence-corrected chi connectivity index (χ2v) is 3.72. The number of carbonyl (C=O) groups is 3. The summed E-state index contributed by atoms with van der Waals surface area (Å²) >= 11 is 0. The first kappa shape index (κ1) is 21.7. The van der Waals surface area contributed by atoms with Crippen LogP contribution >= 0.6 is 0 Å². The standard InChI is InChI=1S/C12H20O7.Na.H/c1-4-17-9(13)7-12(16,11(15)19-6-3)8-10(14)18-5-2;;/h16H,4-8H2,1-3H3;;/q;+1;-1. The fraction of sp³-hybridized carbons (Fsp3) is 0.750. The van der Waals surface area contributed by atoms with Gasteiger partial charge in [-0.3, -0.25) is 9.59 Å². The van der Waals surface area contributed by atoms with Crippen molar-refractivity contribution in [1.82, 2.24) is 0 Å². The third-order valence-electron chi connectivity index (χ3n) is 2.14. The van der Waals surface area contributed by atoms with E-state index in [-0.39, 0.29) is 50.8 Å². The molecule has 1 N–H and O–H groups in total. The van der Waals surface area contributed by atoms with E-state index in [1.807, 2.05) is 0 Å². The summed E-state index contributed by atoms with van der Waals surface area (Å²) in [7, 11) is 0. The molecular weight excluding hydrogens is 279 g/mol. The van der Waals surface area contributed by atoms with Crippen molar-refractivity contribution in [1.29, 1.82) is 0 Å². The van der Waals surface area contributed by atoms with Gasteiger partial charge >= 0.3 is 47.5 Å². The van der Waals surface area contributed by atoms with E-state index >= 15 is 0 Å². The molecule has 0 radical (unpaired) electrons. The number of hydrogen-bond donors (Lipinski definition) is 1. The topological polar surface area (TPSA) is 99.1 Å². The van der Waals surface area contributed by atoms with Gasteiger partial charge in [0.2, 0.25) is 0 Å². The summed E-state index contributed by atoms with van der Waals surface area (Å²) in [5.74, 6) is -2.62. The summed E-state index contributed by atoms with van der Waals surface area (Å²) in [4.78, 5) is 34.4. The molecule has 0 saturated carbocycles. The first-order valence-corrected chi connectivity index (χ1v) is 6.10. The van der Waals surface area contributed by atoms with Crippen molar-refractivity contribution in [2.45, 2.75) is 39.2 Å². The third-order valence-corrected chi connectivity index (χ3v) is 2.14. The van der Waals surface area contributed by atoms with Gasteiger partial charge in [-0.2, -0.15) is 0 Å². The Labute approximate surface area is 141 Å². The first-order chi connectivity index (χ1) is 8.89. The predicted molar refractivity (Wildman–Crippen MR) is 65.2 cm³/mol. The summed E-state index contributed by atoms with van der Waals surface area (Å²) in [6.45, 7) is 4.97. The van der Waals surface area contributed by atoms with Gasteiger partial charge in [0.15, 0.2) is 5.60 Å². The van der Waals surface area contributed by atoms with Gasteiger partial charge in [-0.05, 0) is 20.8 Å². The molecule has 8 heteroatoms. The molecule has 0 aliphatic heterocycles. The minimum Gasteiger partial charge on any atom is -1.00 e. The molecule has 0 aromatic carbocycles. The maximum absolute atomic E-state index is 11.7. The Morgan fingerprint density at radius 3 is 1.55 bits per heavy atom. The van der Waals surface area contributed by atoms with Crippen LogP contribution < -0.4 is 29.6 Å². The summed E-state index contributed by atoms with van der Waals surface area (Å²) in [5.41, 5.74) is -2.26. The SMILES string of the molecule is CCOC(=O)CC(O)(CC(=O)OCC)C(=O)OCC.[H-].[Na+]. The molecule has 0 aromatic rings. The van der Waals surface area contributed by atoms with Crippen LogP contribution in [0.5, 0.6) is 0 Å². The third kappa shape index (κ3) is 7.84. The molecule has 0 aliphatic rings. The van der Waals surface area contributed by atoms with Crippen LogP contribution in [0.4, 0.5) is 0 Å². The summed E-state index contributed by atoms with van der Waals surface area (Å²) in [5, 5.41) is 10.1. The Hall–Kier alpha value is -0.630. The number of carbonyl (C=O) groups excluding carboxylic acids is 3. The molecular formula is C12H21NaO7. The predicted octanol–water partition coefficient (Wildman–Crippen LogP) is -2.70. The number of aliphatic hydroxyl groups is 1. The van der Waals surface area contributed by atoms with E-state index in [4.69, 9.17) is 0 Å². The zero-order valence-corrected chi connectivity index (χ0v) is 14.4. The van der Waals surface area contributed by atoms with E-state index in [0.717, 1.165) is 0 Å². The van der Waals surface area contributed by atoms with Crippen molar-refractivity contribution in [3.8, 4) is 0 Å². The maximum atomic E-state index is 11.7. The number of rotatable bonds is 8. The zero-order chi connectivity index (χ0) is 14.9. The first-order valence-electron chi connectivity index (χ1n) is 6.10. The van der Waals surface area contributed by atoms with Crippen LogP contribution in [-0.2, 0) is 28.6 Å². The molecule has 0 atom stereocenters. The smallest absolute Gasteiger partial charge is 1.00 e. The largest absolute Gasteiger partial charge is 1.00 e. The van der Waals surface area contributed by atoms with Gasteiger partial charge in [0.05, 0.1) is 32.7 Å². The fourth-order valence-corrected chi connectivity index (χ4v) is 1.37. The van der Waals surface area contributed by atoms with Gasteiger partial charge in [-0.15, -0.1) is 0 Å². The Kier molecular flexibility index (Phi) is 12.0. The van der Waals surface area contributed by atoms with Crippen LogP contribution in [0.15, 0.2) is 0 Å². The van der Waals surface area contributed by atoms with Crippen molar-refractivity contribution >= 4 is 17.9 Å². The van der Waals surface area contributed by atoms with Crippen molar-refractivity contribution in [2.75, 3.05) is 19.8 Å². The Bertz CT molecular complexity index is 316. The van der Waals surface area contributed by atoms with Crippen molar-refractivity contribution in [3.63, 3.8) is 0 Å².